The van der Waals surface area contributed by atoms with Gasteiger partial charge in [0.05, 0.1) is 13.2 Å². The van der Waals surface area contributed by atoms with Crippen molar-refractivity contribution >= 4 is 11.3 Å². The normalized spacial score (nSPS) is 12.4. The molecule has 2 nitrogen and oxygen atoms in total. The van der Waals surface area contributed by atoms with Crippen molar-refractivity contribution in [3.05, 3.63) is 51.7 Å². The maximum Gasteiger partial charge on any atom is 0.121 e. The molecule has 0 amide bonds. The Balaban J connectivity index is 2.30. The molecule has 3 heteroatoms. The number of nitrogens with one attached hydrogen (secondary N) is 1. The standard InChI is InChI=1S/C16H21NOS/c1-4-8-17-16(14-7-9-19-11-14)13-5-6-15(18-3)12(2)10-13/h5-7,9-11,16-17H,4,8H2,1-3H3. The molecule has 0 bridgehead atoms. The van der Waals surface area contributed by atoms with Crippen molar-refractivity contribution in [2.45, 2.75) is 26.3 Å². The fraction of sp³-hybridized carbons (Fsp3) is 0.375. The summed E-state index contributed by atoms with van der Waals surface area (Å²) in [4.78, 5) is 0. The monoisotopic (exact) mass is 275 g/mol. The van der Waals surface area contributed by atoms with E-state index in [0.29, 0.717) is 0 Å². The second-order valence-electron chi connectivity index (χ2n) is 4.67. The van der Waals surface area contributed by atoms with Crippen LogP contribution in [0.2, 0.25) is 0 Å². The third kappa shape index (κ3) is 3.37. The van der Waals surface area contributed by atoms with Crippen molar-refractivity contribution in [2.24, 2.45) is 0 Å². The summed E-state index contributed by atoms with van der Waals surface area (Å²) < 4.78 is 5.33. The molecule has 1 atom stereocenters. The zero-order valence-electron chi connectivity index (χ0n) is 11.8. The van der Waals surface area contributed by atoms with Gasteiger partial charge in [0.1, 0.15) is 5.75 Å². The van der Waals surface area contributed by atoms with E-state index in [1.807, 2.05) is 0 Å². The quantitative estimate of drug-likeness (QED) is 0.855. The Morgan fingerprint density at radius 3 is 2.68 bits per heavy atom. The van der Waals surface area contributed by atoms with E-state index in [-0.39, 0.29) is 6.04 Å². The minimum atomic E-state index is 0.274. The summed E-state index contributed by atoms with van der Waals surface area (Å²) in [7, 11) is 1.72. The van der Waals surface area contributed by atoms with Crippen molar-refractivity contribution in [3.63, 3.8) is 0 Å². The summed E-state index contributed by atoms with van der Waals surface area (Å²) in [5, 5.41) is 7.97. The van der Waals surface area contributed by atoms with Crippen molar-refractivity contribution in [1.29, 1.82) is 0 Å². The number of hydrogen-bond donors (Lipinski definition) is 1. The lowest BCUT2D eigenvalue weighted by Crippen LogP contribution is -2.22. The van der Waals surface area contributed by atoms with Crippen LogP contribution in [0.3, 0.4) is 0 Å². The number of hydrogen-bond acceptors (Lipinski definition) is 3. The van der Waals surface area contributed by atoms with Crippen LogP contribution in [0.4, 0.5) is 0 Å². The summed E-state index contributed by atoms with van der Waals surface area (Å²) in [6.45, 7) is 5.30. The lowest BCUT2D eigenvalue weighted by Gasteiger charge is -2.19. The molecule has 0 aliphatic rings. The molecule has 2 rings (SSSR count). The maximum absolute atomic E-state index is 5.33. The highest BCUT2D eigenvalue weighted by Gasteiger charge is 2.14. The van der Waals surface area contributed by atoms with Gasteiger partial charge in [-0.15, -0.1) is 0 Å². The predicted molar refractivity (Wildman–Crippen MR) is 82.2 cm³/mol. The zero-order valence-corrected chi connectivity index (χ0v) is 12.6. The third-order valence-electron chi connectivity index (χ3n) is 3.23. The molecular weight excluding hydrogens is 254 g/mol. The molecule has 0 fully saturated rings. The summed E-state index contributed by atoms with van der Waals surface area (Å²) in [5.41, 5.74) is 3.81. The molecule has 0 radical (unpaired) electrons. The van der Waals surface area contributed by atoms with Crippen LogP contribution in [0.5, 0.6) is 5.75 Å². The molecule has 1 heterocycles. The smallest absolute Gasteiger partial charge is 0.121 e. The fourth-order valence-corrected chi connectivity index (χ4v) is 2.92. The first-order chi connectivity index (χ1) is 9.26. The second kappa shape index (κ2) is 6.73. The third-order valence-corrected chi connectivity index (χ3v) is 3.93. The lowest BCUT2D eigenvalue weighted by atomic mass is 9.99. The topological polar surface area (TPSA) is 21.3 Å². The van der Waals surface area contributed by atoms with E-state index < -0.39 is 0 Å². The van der Waals surface area contributed by atoms with Crippen LogP contribution >= 0.6 is 11.3 Å². The van der Waals surface area contributed by atoms with Crippen LogP contribution in [0.1, 0.15) is 36.1 Å². The molecule has 0 saturated carbocycles. The van der Waals surface area contributed by atoms with Crippen molar-refractivity contribution in [1.82, 2.24) is 5.32 Å². The molecule has 0 aliphatic heterocycles. The minimum absolute atomic E-state index is 0.274. The molecular formula is C16H21NOS. The molecule has 1 aromatic carbocycles. The molecule has 102 valence electrons. The van der Waals surface area contributed by atoms with Crippen LogP contribution in [0, 0.1) is 6.92 Å². The predicted octanol–water partition coefficient (Wildman–Crippen LogP) is 4.15. The molecule has 1 aromatic heterocycles. The molecule has 1 unspecified atom stereocenters. The van der Waals surface area contributed by atoms with E-state index in [0.717, 1.165) is 18.7 Å². The number of rotatable bonds is 6. The van der Waals surface area contributed by atoms with Crippen LogP contribution in [-0.4, -0.2) is 13.7 Å². The van der Waals surface area contributed by atoms with Crippen LogP contribution in [0.25, 0.3) is 0 Å². The molecule has 0 spiro atoms. The number of benzene rings is 1. The van der Waals surface area contributed by atoms with Gasteiger partial charge in [-0.05, 0) is 59.5 Å². The van der Waals surface area contributed by atoms with E-state index in [1.165, 1.54) is 16.7 Å². The molecule has 1 N–H and O–H groups in total. The largest absolute Gasteiger partial charge is 0.496 e. The molecule has 19 heavy (non-hydrogen) atoms. The fourth-order valence-electron chi connectivity index (χ4n) is 2.24. The van der Waals surface area contributed by atoms with Gasteiger partial charge in [0.15, 0.2) is 0 Å². The average Bonchev–Trinajstić information content (AvgIpc) is 2.93. The summed E-state index contributed by atoms with van der Waals surface area (Å²) >= 11 is 1.74. The van der Waals surface area contributed by atoms with Crippen LogP contribution in [0.15, 0.2) is 35.0 Å². The van der Waals surface area contributed by atoms with Gasteiger partial charge in [-0.3, -0.25) is 0 Å². The van der Waals surface area contributed by atoms with Gasteiger partial charge >= 0.3 is 0 Å². The number of aryl methyl sites for hydroxylation is 1. The molecule has 2 aromatic rings. The van der Waals surface area contributed by atoms with Gasteiger partial charge in [0.25, 0.3) is 0 Å². The first-order valence-corrected chi connectivity index (χ1v) is 7.60. The molecule has 0 saturated heterocycles. The average molecular weight is 275 g/mol. The van der Waals surface area contributed by atoms with Gasteiger partial charge in [0.2, 0.25) is 0 Å². The summed E-state index contributed by atoms with van der Waals surface area (Å²) in [6.07, 6.45) is 1.13. The highest BCUT2D eigenvalue weighted by molar-refractivity contribution is 7.08. The van der Waals surface area contributed by atoms with E-state index in [9.17, 15) is 0 Å². The van der Waals surface area contributed by atoms with E-state index >= 15 is 0 Å². The SMILES string of the molecule is CCCNC(c1ccsc1)c1ccc(OC)c(C)c1. The van der Waals surface area contributed by atoms with Gasteiger partial charge in [0, 0.05) is 0 Å². The first kappa shape index (κ1) is 14.1. The maximum atomic E-state index is 5.33. The van der Waals surface area contributed by atoms with Crippen molar-refractivity contribution < 1.29 is 4.74 Å². The Morgan fingerprint density at radius 1 is 1.26 bits per heavy atom. The Bertz CT molecular complexity index is 507. The summed E-state index contributed by atoms with van der Waals surface area (Å²) in [5.74, 6) is 0.948. The van der Waals surface area contributed by atoms with Gasteiger partial charge in [-0.1, -0.05) is 19.1 Å². The van der Waals surface area contributed by atoms with Gasteiger partial charge in [-0.2, -0.15) is 11.3 Å². The number of ether oxygens (including phenoxy) is 1. The Labute approximate surface area is 119 Å². The van der Waals surface area contributed by atoms with Crippen molar-refractivity contribution in [3.8, 4) is 5.75 Å². The second-order valence-corrected chi connectivity index (χ2v) is 5.45. The number of methoxy groups -OCH3 is 1. The summed E-state index contributed by atoms with van der Waals surface area (Å²) in [6, 6.07) is 8.88. The first-order valence-electron chi connectivity index (χ1n) is 6.66. The lowest BCUT2D eigenvalue weighted by molar-refractivity contribution is 0.411. The van der Waals surface area contributed by atoms with Crippen LogP contribution < -0.4 is 10.1 Å². The zero-order chi connectivity index (χ0) is 13.7. The molecule has 0 aliphatic carbocycles. The Morgan fingerprint density at radius 2 is 2.11 bits per heavy atom. The van der Waals surface area contributed by atoms with E-state index in [1.54, 1.807) is 18.4 Å². The number of thiophene rings is 1. The van der Waals surface area contributed by atoms with E-state index in [4.69, 9.17) is 4.74 Å². The van der Waals surface area contributed by atoms with E-state index in [2.05, 4.69) is 54.2 Å². The Kier molecular flexibility index (Phi) is 5.00. The van der Waals surface area contributed by atoms with Crippen molar-refractivity contribution in [2.75, 3.05) is 13.7 Å². The van der Waals surface area contributed by atoms with Crippen LogP contribution in [-0.2, 0) is 0 Å². The van der Waals surface area contributed by atoms with Gasteiger partial charge in [-0.25, -0.2) is 0 Å². The minimum Gasteiger partial charge on any atom is -0.496 e. The highest BCUT2D eigenvalue weighted by Crippen LogP contribution is 2.28. The highest BCUT2D eigenvalue weighted by atomic mass is 32.1. The van der Waals surface area contributed by atoms with Gasteiger partial charge < -0.3 is 10.1 Å². The Hall–Kier alpha value is -1.32.